The monoisotopic (exact) mass is 320 g/mol. The number of carbonyl (C=O) groups is 2. The van der Waals surface area contributed by atoms with Gasteiger partial charge in [0.25, 0.3) is 5.91 Å². The van der Waals surface area contributed by atoms with E-state index in [1.807, 2.05) is 49.4 Å². The number of aryl methyl sites for hydroxylation is 1. The number of rotatable bonds is 2. The Morgan fingerprint density at radius 1 is 1.04 bits per heavy atom. The Hall–Kier alpha value is -3.21. The van der Waals surface area contributed by atoms with Crippen molar-refractivity contribution in [3.8, 4) is 0 Å². The smallest absolute Gasteiger partial charge is 0.263 e. The summed E-state index contributed by atoms with van der Waals surface area (Å²) in [7, 11) is 0. The summed E-state index contributed by atoms with van der Waals surface area (Å²) in [4.78, 5) is 27.9. The van der Waals surface area contributed by atoms with Crippen LogP contribution in [0, 0.1) is 6.92 Å². The maximum absolute atomic E-state index is 12.3. The molecule has 5 nitrogen and oxygen atoms in total. The first-order chi connectivity index (χ1) is 11.5. The van der Waals surface area contributed by atoms with Crippen LogP contribution in [0.15, 0.2) is 64.0 Å². The van der Waals surface area contributed by atoms with Crippen LogP contribution in [0.1, 0.15) is 22.8 Å². The summed E-state index contributed by atoms with van der Waals surface area (Å²) >= 11 is 0. The molecular weight excluding hydrogens is 304 g/mol. The van der Waals surface area contributed by atoms with Gasteiger partial charge in [-0.2, -0.15) is 0 Å². The lowest BCUT2D eigenvalue weighted by Crippen LogP contribution is -2.32. The molecule has 0 aliphatic heterocycles. The maximum Gasteiger partial charge on any atom is 0.263 e. The molecule has 0 fully saturated rings. The van der Waals surface area contributed by atoms with E-state index < -0.39 is 11.8 Å². The zero-order valence-electron chi connectivity index (χ0n) is 13.4. The molecule has 0 atom stereocenters. The van der Waals surface area contributed by atoms with Crippen LogP contribution < -0.4 is 10.9 Å². The zero-order valence-corrected chi connectivity index (χ0v) is 13.4. The van der Waals surface area contributed by atoms with E-state index in [0.717, 1.165) is 10.9 Å². The fourth-order valence-corrected chi connectivity index (χ4v) is 2.28. The van der Waals surface area contributed by atoms with E-state index in [9.17, 15) is 9.59 Å². The molecule has 5 heteroatoms. The quantitative estimate of drug-likeness (QED) is 0.788. The number of hydrogen-bond acceptors (Lipinski definition) is 4. The summed E-state index contributed by atoms with van der Waals surface area (Å²) in [5, 5.41) is 3.02. The summed E-state index contributed by atoms with van der Waals surface area (Å²) in [6.07, 6.45) is 0. The number of benzene rings is 2. The molecule has 0 bridgehead atoms. The van der Waals surface area contributed by atoms with E-state index in [-0.39, 0.29) is 11.1 Å². The highest BCUT2D eigenvalue weighted by atomic mass is 16.3. The summed E-state index contributed by atoms with van der Waals surface area (Å²) < 4.78 is 5.79. The molecule has 3 aromatic rings. The van der Waals surface area contributed by atoms with Crippen molar-refractivity contribution in [3.05, 3.63) is 71.3 Å². The van der Waals surface area contributed by atoms with Gasteiger partial charge in [0.2, 0.25) is 11.5 Å². The second-order valence-electron chi connectivity index (χ2n) is 5.46. The van der Waals surface area contributed by atoms with Crippen LogP contribution in [0.3, 0.4) is 0 Å². The summed E-state index contributed by atoms with van der Waals surface area (Å²) in [5.74, 6) is -0.975. The molecule has 3 rings (SSSR count). The van der Waals surface area contributed by atoms with Gasteiger partial charge in [0, 0.05) is 12.3 Å². The molecule has 24 heavy (non-hydrogen) atoms. The third-order valence-corrected chi connectivity index (χ3v) is 3.45. The molecule has 0 aliphatic rings. The number of imide groups is 1. The number of para-hydroxylation sites is 1. The molecule has 0 radical (unpaired) electrons. The molecule has 0 saturated carbocycles. The van der Waals surface area contributed by atoms with Crippen molar-refractivity contribution in [1.82, 2.24) is 5.32 Å². The second-order valence-corrected chi connectivity index (χ2v) is 5.46. The van der Waals surface area contributed by atoms with E-state index in [1.165, 1.54) is 6.92 Å². The van der Waals surface area contributed by atoms with Gasteiger partial charge in [-0.15, -0.1) is 0 Å². The third-order valence-electron chi connectivity index (χ3n) is 3.45. The molecule has 2 amide bonds. The molecule has 2 aromatic carbocycles. The molecule has 120 valence electrons. The lowest BCUT2D eigenvalue weighted by Gasteiger charge is -2.04. The second kappa shape index (κ2) is 6.50. The van der Waals surface area contributed by atoms with Gasteiger partial charge in [-0.05, 0) is 31.2 Å². The van der Waals surface area contributed by atoms with Gasteiger partial charge in [0.15, 0.2) is 0 Å². The summed E-state index contributed by atoms with van der Waals surface area (Å²) in [6.45, 7) is 3.27. The normalized spacial score (nSPS) is 11.5. The van der Waals surface area contributed by atoms with Gasteiger partial charge in [-0.3, -0.25) is 14.9 Å². The Bertz CT molecular complexity index is 985. The average Bonchev–Trinajstić information content (AvgIpc) is 2.55. The molecule has 1 heterocycles. The topological polar surface area (TPSA) is 71.7 Å². The van der Waals surface area contributed by atoms with Crippen LogP contribution in [0.2, 0.25) is 0 Å². The predicted octanol–water partition coefficient (Wildman–Crippen LogP) is 3.25. The first-order valence-corrected chi connectivity index (χ1v) is 7.49. The van der Waals surface area contributed by atoms with Gasteiger partial charge < -0.3 is 4.42 Å². The van der Waals surface area contributed by atoms with Crippen LogP contribution in [0.5, 0.6) is 0 Å². The van der Waals surface area contributed by atoms with Crippen LogP contribution in [-0.2, 0) is 4.79 Å². The largest absolute Gasteiger partial charge is 0.438 e. The number of nitrogens with zero attached hydrogens (tertiary/aromatic N) is 1. The first-order valence-electron chi connectivity index (χ1n) is 7.49. The lowest BCUT2D eigenvalue weighted by atomic mass is 10.1. The maximum atomic E-state index is 12.3. The number of nitrogens with one attached hydrogen (secondary N) is 1. The molecule has 0 spiro atoms. The highest BCUT2D eigenvalue weighted by Gasteiger charge is 2.13. The summed E-state index contributed by atoms with van der Waals surface area (Å²) in [6, 6.07) is 16.5. The van der Waals surface area contributed by atoms with Gasteiger partial charge in [0.05, 0.1) is 5.69 Å². The molecular formula is C19H16N2O3. The minimum absolute atomic E-state index is 0.163. The number of carbonyl (C=O) groups excluding carboxylic acids is 2. The first kappa shape index (κ1) is 15.7. The Kier molecular flexibility index (Phi) is 4.24. The Balaban J connectivity index is 2.21. The number of amides is 2. The van der Waals surface area contributed by atoms with E-state index in [4.69, 9.17) is 4.42 Å². The van der Waals surface area contributed by atoms with Crippen molar-refractivity contribution < 1.29 is 14.0 Å². The number of hydrogen-bond donors (Lipinski definition) is 1. The fraction of sp³-hybridized carbons (Fsp3) is 0.105. The van der Waals surface area contributed by atoms with Crippen molar-refractivity contribution in [2.75, 3.05) is 0 Å². The molecule has 0 unspecified atom stereocenters. The van der Waals surface area contributed by atoms with E-state index in [1.54, 1.807) is 12.1 Å². The third kappa shape index (κ3) is 3.41. The van der Waals surface area contributed by atoms with Gasteiger partial charge in [-0.1, -0.05) is 35.9 Å². The van der Waals surface area contributed by atoms with Crippen molar-refractivity contribution >= 4 is 28.5 Å². The Labute approximate surface area is 138 Å². The Morgan fingerprint density at radius 3 is 2.46 bits per heavy atom. The van der Waals surface area contributed by atoms with E-state index in [0.29, 0.717) is 11.3 Å². The minimum Gasteiger partial charge on any atom is -0.438 e. The van der Waals surface area contributed by atoms with Crippen molar-refractivity contribution in [1.29, 1.82) is 0 Å². The van der Waals surface area contributed by atoms with Crippen molar-refractivity contribution in [3.63, 3.8) is 0 Å². The SMILES string of the molecule is CC(=O)NC(=O)c1cc2ccccc2oc1=Nc1ccc(C)cc1. The summed E-state index contributed by atoms with van der Waals surface area (Å²) in [5.41, 5.74) is 2.76. The van der Waals surface area contributed by atoms with Crippen LogP contribution >= 0.6 is 0 Å². The van der Waals surface area contributed by atoms with Crippen molar-refractivity contribution in [2.45, 2.75) is 13.8 Å². The van der Waals surface area contributed by atoms with Crippen LogP contribution in [0.4, 0.5) is 5.69 Å². The van der Waals surface area contributed by atoms with Crippen molar-refractivity contribution in [2.24, 2.45) is 4.99 Å². The van der Waals surface area contributed by atoms with Gasteiger partial charge in [-0.25, -0.2) is 4.99 Å². The molecule has 0 saturated heterocycles. The Morgan fingerprint density at radius 2 is 1.75 bits per heavy atom. The lowest BCUT2D eigenvalue weighted by molar-refractivity contribution is -0.118. The van der Waals surface area contributed by atoms with E-state index >= 15 is 0 Å². The molecule has 1 N–H and O–H groups in total. The highest BCUT2D eigenvalue weighted by Crippen LogP contribution is 2.15. The highest BCUT2D eigenvalue weighted by molar-refractivity contribution is 6.05. The van der Waals surface area contributed by atoms with Crippen LogP contribution in [-0.4, -0.2) is 11.8 Å². The van der Waals surface area contributed by atoms with E-state index in [2.05, 4.69) is 10.3 Å². The number of fused-ring (bicyclic) bond motifs is 1. The van der Waals surface area contributed by atoms with Gasteiger partial charge in [0.1, 0.15) is 11.1 Å². The van der Waals surface area contributed by atoms with Gasteiger partial charge >= 0.3 is 0 Å². The fourth-order valence-electron chi connectivity index (χ4n) is 2.28. The molecule has 0 aliphatic carbocycles. The minimum atomic E-state index is -0.539. The standard InChI is InChI=1S/C19H16N2O3/c1-12-7-9-15(10-8-12)21-19-16(18(23)20-13(2)22)11-14-5-3-4-6-17(14)24-19/h3-11H,1-2H3,(H,20,22,23). The predicted molar refractivity (Wildman–Crippen MR) is 90.8 cm³/mol. The van der Waals surface area contributed by atoms with Crippen LogP contribution in [0.25, 0.3) is 11.0 Å². The molecule has 1 aromatic heterocycles. The zero-order chi connectivity index (χ0) is 17.1. The average molecular weight is 320 g/mol.